The minimum absolute atomic E-state index is 0.810. The van der Waals surface area contributed by atoms with Gasteiger partial charge in [0.05, 0.1) is 0 Å². The number of carbonyl (C=O) groups excluding carboxylic acids is 1. The van der Waals surface area contributed by atoms with Crippen LogP contribution in [0, 0.1) is 0 Å². The zero-order valence-corrected chi connectivity index (χ0v) is 12.7. The minimum atomic E-state index is 0.810. The Kier molecular flexibility index (Phi) is 6.10. The van der Waals surface area contributed by atoms with E-state index in [0.29, 0.717) is 0 Å². The average Bonchev–Trinajstić information content (AvgIpc) is 2.50. The number of benzene rings is 1. The molecule has 1 aliphatic rings. The SMILES string of the molecule is CCCCCCCCN1CCCc2cc(C=O)ccc21. The van der Waals surface area contributed by atoms with Gasteiger partial charge in [-0.25, -0.2) is 0 Å². The van der Waals surface area contributed by atoms with Gasteiger partial charge in [-0.1, -0.05) is 39.0 Å². The quantitative estimate of drug-likeness (QED) is 0.509. The van der Waals surface area contributed by atoms with Crippen LogP contribution in [-0.2, 0) is 6.42 Å². The van der Waals surface area contributed by atoms with Crippen LogP contribution in [0.1, 0.15) is 67.8 Å². The van der Waals surface area contributed by atoms with Crippen LogP contribution in [0.25, 0.3) is 0 Å². The predicted molar refractivity (Wildman–Crippen MR) is 85.7 cm³/mol. The summed E-state index contributed by atoms with van der Waals surface area (Å²) in [5.74, 6) is 0. The summed E-state index contributed by atoms with van der Waals surface area (Å²) in [6, 6.07) is 6.15. The summed E-state index contributed by atoms with van der Waals surface area (Å²) in [6.07, 6.45) is 11.4. The Morgan fingerprint density at radius 2 is 1.95 bits per heavy atom. The fraction of sp³-hybridized carbons (Fsp3) is 0.611. The summed E-state index contributed by atoms with van der Waals surface area (Å²) in [7, 11) is 0. The molecule has 0 bridgehead atoms. The molecule has 0 spiro atoms. The molecular weight excluding hydrogens is 246 g/mol. The summed E-state index contributed by atoms with van der Waals surface area (Å²) >= 11 is 0. The predicted octanol–water partition coefficient (Wildman–Crippen LogP) is 4.61. The molecule has 0 N–H and O–H groups in total. The number of hydrogen-bond acceptors (Lipinski definition) is 2. The van der Waals surface area contributed by atoms with Crippen molar-refractivity contribution in [2.45, 2.75) is 58.3 Å². The molecule has 1 aromatic rings. The number of carbonyl (C=O) groups is 1. The van der Waals surface area contributed by atoms with Crippen molar-refractivity contribution in [2.24, 2.45) is 0 Å². The van der Waals surface area contributed by atoms with Gasteiger partial charge in [0.15, 0.2) is 0 Å². The summed E-state index contributed by atoms with van der Waals surface area (Å²) in [4.78, 5) is 13.4. The molecule has 2 rings (SSSR count). The number of fused-ring (bicyclic) bond motifs is 1. The van der Waals surface area contributed by atoms with Crippen molar-refractivity contribution in [1.29, 1.82) is 0 Å². The van der Waals surface area contributed by atoms with Crippen LogP contribution in [0.2, 0.25) is 0 Å². The van der Waals surface area contributed by atoms with Crippen LogP contribution in [0.4, 0.5) is 5.69 Å². The van der Waals surface area contributed by atoms with Crippen LogP contribution >= 0.6 is 0 Å². The third kappa shape index (κ3) is 4.09. The Morgan fingerprint density at radius 1 is 1.15 bits per heavy atom. The number of aryl methyl sites for hydroxylation is 1. The van der Waals surface area contributed by atoms with E-state index >= 15 is 0 Å². The lowest BCUT2D eigenvalue weighted by Gasteiger charge is -2.31. The van der Waals surface area contributed by atoms with E-state index in [4.69, 9.17) is 0 Å². The highest BCUT2D eigenvalue weighted by molar-refractivity contribution is 5.77. The maximum atomic E-state index is 10.9. The average molecular weight is 273 g/mol. The van der Waals surface area contributed by atoms with Crippen molar-refractivity contribution < 1.29 is 4.79 Å². The van der Waals surface area contributed by atoms with Gasteiger partial charge in [0, 0.05) is 24.3 Å². The molecule has 0 aromatic heterocycles. The zero-order chi connectivity index (χ0) is 14.2. The van der Waals surface area contributed by atoms with Crippen LogP contribution in [0.5, 0.6) is 0 Å². The van der Waals surface area contributed by atoms with E-state index in [-0.39, 0.29) is 0 Å². The van der Waals surface area contributed by atoms with Crippen LogP contribution < -0.4 is 4.90 Å². The van der Waals surface area contributed by atoms with Crippen molar-refractivity contribution in [3.63, 3.8) is 0 Å². The number of unbranched alkanes of at least 4 members (excludes halogenated alkanes) is 5. The van der Waals surface area contributed by atoms with Gasteiger partial charge in [-0.3, -0.25) is 4.79 Å². The maximum Gasteiger partial charge on any atom is 0.150 e. The Morgan fingerprint density at radius 3 is 2.75 bits per heavy atom. The number of hydrogen-bond donors (Lipinski definition) is 0. The second-order valence-corrected chi connectivity index (χ2v) is 5.86. The van der Waals surface area contributed by atoms with Crippen LogP contribution in [0.3, 0.4) is 0 Å². The lowest BCUT2D eigenvalue weighted by molar-refractivity contribution is 0.112. The summed E-state index contributed by atoms with van der Waals surface area (Å²) < 4.78 is 0. The Balaban J connectivity index is 1.84. The largest absolute Gasteiger partial charge is 0.371 e. The van der Waals surface area contributed by atoms with Crippen molar-refractivity contribution in [1.82, 2.24) is 0 Å². The van der Waals surface area contributed by atoms with E-state index in [1.165, 1.54) is 69.3 Å². The molecule has 0 aliphatic carbocycles. The minimum Gasteiger partial charge on any atom is -0.371 e. The number of nitrogens with zero attached hydrogens (tertiary/aromatic N) is 1. The summed E-state index contributed by atoms with van der Waals surface area (Å²) in [6.45, 7) is 4.60. The third-order valence-electron chi connectivity index (χ3n) is 4.24. The molecule has 0 amide bonds. The molecule has 20 heavy (non-hydrogen) atoms. The fourth-order valence-corrected chi connectivity index (χ4v) is 3.08. The highest BCUT2D eigenvalue weighted by Gasteiger charge is 2.16. The lowest BCUT2D eigenvalue weighted by Crippen LogP contribution is -2.30. The number of rotatable bonds is 8. The molecule has 1 aromatic carbocycles. The first kappa shape index (κ1) is 15.1. The van der Waals surface area contributed by atoms with Crippen LogP contribution in [-0.4, -0.2) is 19.4 Å². The number of anilines is 1. The molecule has 0 radical (unpaired) electrons. The molecule has 1 heterocycles. The summed E-state index contributed by atoms with van der Waals surface area (Å²) in [5.41, 5.74) is 3.52. The Hall–Kier alpha value is -1.31. The smallest absolute Gasteiger partial charge is 0.150 e. The van der Waals surface area contributed by atoms with E-state index in [2.05, 4.69) is 24.0 Å². The van der Waals surface area contributed by atoms with Gasteiger partial charge >= 0.3 is 0 Å². The van der Waals surface area contributed by atoms with E-state index in [0.717, 1.165) is 18.3 Å². The zero-order valence-electron chi connectivity index (χ0n) is 12.7. The molecule has 0 saturated carbocycles. The normalized spacial score (nSPS) is 14.2. The van der Waals surface area contributed by atoms with Gasteiger partial charge < -0.3 is 4.90 Å². The van der Waals surface area contributed by atoms with Gasteiger partial charge in [0.25, 0.3) is 0 Å². The van der Waals surface area contributed by atoms with Gasteiger partial charge in [-0.05, 0) is 43.0 Å². The van der Waals surface area contributed by atoms with Crippen LogP contribution in [0.15, 0.2) is 18.2 Å². The highest BCUT2D eigenvalue weighted by Crippen LogP contribution is 2.28. The van der Waals surface area contributed by atoms with E-state index in [9.17, 15) is 4.79 Å². The van der Waals surface area contributed by atoms with E-state index < -0.39 is 0 Å². The first-order chi connectivity index (χ1) is 9.85. The fourth-order valence-electron chi connectivity index (χ4n) is 3.08. The van der Waals surface area contributed by atoms with Crippen molar-refractivity contribution in [2.75, 3.05) is 18.0 Å². The second-order valence-electron chi connectivity index (χ2n) is 5.86. The van der Waals surface area contributed by atoms with Gasteiger partial charge in [-0.2, -0.15) is 0 Å². The summed E-state index contributed by atoms with van der Waals surface area (Å²) in [5, 5.41) is 0. The molecule has 0 unspecified atom stereocenters. The topological polar surface area (TPSA) is 20.3 Å². The maximum absolute atomic E-state index is 10.9. The Labute approximate surface area is 123 Å². The molecule has 2 heteroatoms. The molecular formula is C18H27NO. The first-order valence-corrected chi connectivity index (χ1v) is 8.18. The Bertz CT molecular complexity index is 427. The first-order valence-electron chi connectivity index (χ1n) is 8.18. The number of aldehydes is 1. The second kappa shape index (κ2) is 8.08. The van der Waals surface area contributed by atoms with E-state index in [1.54, 1.807) is 0 Å². The van der Waals surface area contributed by atoms with Gasteiger partial charge in [0.1, 0.15) is 6.29 Å². The van der Waals surface area contributed by atoms with Gasteiger partial charge in [0.2, 0.25) is 0 Å². The third-order valence-corrected chi connectivity index (χ3v) is 4.24. The molecule has 0 fully saturated rings. The molecule has 0 saturated heterocycles. The molecule has 110 valence electrons. The lowest BCUT2D eigenvalue weighted by atomic mass is 9.99. The van der Waals surface area contributed by atoms with E-state index in [1.807, 2.05) is 6.07 Å². The molecule has 1 aliphatic heterocycles. The van der Waals surface area contributed by atoms with Crippen molar-refractivity contribution in [3.05, 3.63) is 29.3 Å². The van der Waals surface area contributed by atoms with Gasteiger partial charge in [-0.15, -0.1) is 0 Å². The standard InChI is InChI=1S/C18H27NO/c1-2-3-4-5-6-7-12-19-13-8-9-17-14-16(15-20)10-11-18(17)19/h10-11,14-15H,2-9,12-13H2,1H3. The van der Waals surface area contributed by atoms with Crippen molar-refractivity contribution >= 4 is 12.0 Å². The molecule has 0 atom stereocenters. The van der Waals surface area contributed by atoms with Crippen molar-refractivity contribution in [3.8, 4) is 0 Å². The highest BCUT2D eigenvalue weighted by atomic mass is 16.1. The monoisotopic (exact) mass is 273 g/mol. The molecule has 2 nitrogen and oxygen atoms in total.